The van der Waals surface area contributed by atoms with Gasteiger partial charge in [-0.25, -0.2) is 0 Å². The maximum absolute atomic E-state index is 13.5. The molecule has 2 aliphatic rings. The highest BCUT2D eigenvalue weighted by Crippen LogP contribution is 2.44. The van der Waals surface area contributed by atoms with Crippen LogP contribution in [-0.2, 0) is 129 Å². The van der Waals surface area contributed by atoms with Gasteiger partial charge >= 0.3 is 47.8 Å². The van der Waals surface area contributed by atoms with E-state index in [0.29, 0.717) is 0 Å². The Balaban J connectivity index is 3.17. The van der Waals surface area contributed by atoms with Crippen molar-refractivity contribution in [3.8, 4) is 0 Å². The third-order valence-electron chi connectivity index (χ3n) is 9.13. The smallest absolute Gasteiger partial charge is 0.315 e. The molecular weight excluding hydrogens is 960 g/mol. The zero-order valence-corrected chi connectivity index (χ0v) is 39.9. The predicted molar refractivity (Wildman–Crippen MR) is 222 cm³/mol. The van der Waals surface area contributed by atoms with Crippen molar-refractivity contribution in [1.29, 1.82) is 0 Å². The van der Waals surface area contributed by atoms with Crippen molar-refractivity contribution in [1.82, 2.24) is 0 Å². The van der Waals surface area contributed by atoms with E-state index in [2.05, 4.69) is 0 Å². The predicted octanol–water partition coefficient (Wildman–Crippen LogP) is -0.950. The molecule has 0 radical (unpaired) electrons. The molecule has 2 heterocycles. The van der Waals surface area contributed by atoms with Crippen LogP contribution in [0.15, 0.2) is 0 Å². The molecule has 71 heavy (non-hydrogen) atoms. The van der Waals surface area contributed by atoms with Gasteiger partial charge in [-0.3, -0.25) is 76.7 Å². The van der Waals surface area contributed by atoms with Crippen molar-refractivity contribution in [2.75, 3.05) is 19.8 Å². The first-order valence-corrected chi connectivity index (χ1v) is 21.4. The van der Waals surface area contributed by atoms with Crippen LogP contribution in [-0.4, -0.2) is 163 Å². The Kier molecular flexibility index (Phi) is 23.7. The largest absolute Gasteiger partial charge is 0.465 e. The Bertz CT molecular complexity index is 2140. The quantitative estimate of drug-likeness (QED) is 0.0495. The molecule has 2 rings (SSSR count). The highest BCUT2D eigenvalue weighted by Gasteiger charge is 2.65. The summed E-state index contributed by atoms with van der Waals surface area (Å²) in [6.07, 6.45) is -23.7. The molecule has 0 aromatic heterocycles. The van der Waals surface area contributed by atoms with Crippen LogP contribution in [0.2, 0.25) is 0 Å². The maximum Gasteiger partial charge on any atom is 0.315 e. The second kappa shape index (κ2) is 28.0. The van der Waals surface area contributed by atoms with Crippen molar-refractivity contribution in [3.63, 3.8) is 0 Å². The van der Waals surface area contributed by atoms with Crippen LogP contribution >= 0.6 is 0 Å². The maximum atomic E-state index is 13.5. The molecule has 0 saturated carbocycles. The van der Waals surface area contributed by atoms with Crippen LogP contribution < -0.4 is 0 Å². The Morgan fingerprint density at radius 3 is 1.13 bits per heavy atom. The van der Waals surface area contributed by atoms with Crippen LogP contribution in [0.25, 0.3) is 0 Å². The molecule has 0 bridgehead atoms. The summed E-state index contributed by atoms with van der Waals surface area (Å²) in [5.74, 6) is -22.1. The number of rotatable bonds is 29. The van der Waals surface area contributed by atoms with E-state index in [-0.39, 0.29) is 0 Å². The fourth-order valence-electron chi connectivity index (χ4n) is 6.48. The Morgan fingerprint density at radius 2 is 0.704 bits per heavy atom. The summed E-state index contributed by atoms with van der Waals surface area (Å²) in [7, 11) is 0. The summed E-state index contributed by atoms with van der Waals surface area (Å²) in [5, 5.41) is 0. The van der Waals surface area contributed by atoms with E-state index in [1.807, 2.05) is 0 Å². The lowest BCUT2D eigenvalue weighted by molar-refractivity contribution is -0.390. The van der Waals surface area contributed by atoms with Gasteiger partial charge < -0.3 is 52.1 Å². The molecule has 0 aromatic rings. The van der Waals surface area contributed by atoms with Gasteiger partial charge in [0.25, 0.3) is 0 Å². The molecule has 9 unspecified atom stereocenters. The topological polar surface area (TPSA) is 375 Å². The number of Topliss-reactive ketones (excluding diaryl/α,β-unsaturated/α-hetero) is 8. The molecule has 27 heteroatoms. The zero-order valence-electron chi connectivity index (χ0n) is 39.9. The summed E-state index contributed by atoms with van der Waals surface area (Å²) >= 11 is 0. The third kappa shape index (κ3) is 21.3. The Morgan fingerprint density at radius 1 is 0.366 bits per heavy atom. The molecule has 0 aliphatic carbocycles. The SMILES string of the molecule is CC(=O)CC(=O)OCC1OC(OC2(COC(=O)CC(C)=O)OC(OC(=O)CC(C)=O)C(COC(=O)CC(C)=O)C2OC(=O)CC(C)=O)C(OC(=O)CC(C)=O)C(OC(=O)CC(C)=O)C1OC(=O)CC(C)=O. The lowest BCUT2D eigenvalue weighted by Crippen LogP contribution is -2.66. The zero-order chi connectivity index (χ0) is 53.9. The number of carbonyl (C=O) groups excluding carboxylic acids is 16. The van der Waals surface area contributed by atoms with E-state index >= 15 is 0 Å². The molecule has 27 nitrogen and oxygen atoms in total. The normalized spacial score (nSPS) is 23.3. The molecule has 0 spiro atoms. The van der Waals surface area contributed by atoms with Crippen molar-refractivity contribution >= 4 is 94.0 Å². The molecular formula is C44H54O27. The van der Waals surface area contributed by atoms with Gasteiger partial charge in [0, 0.05) is 0 Å². The molecule has 9 atom stereocenters. The summed E-state index contributed by atoms with van der Waals surface area (Å²) in [5.41, 5.74) is 0. The van der Waals surface area contributed by atoms with E-state index in [0.717, 1.165) is 55.4 Å². The van der Waals surface area contributed by atoms with Crippen LogP contribution in [0.4, 0.5) is 0 Å². The number of hydrogen-bond acceptors (Lipinski definition) is 27. The van der Waals surface area contributed by atoms with E-state index in [4.69, 9.17) is 52.1 Å². The van der Waals surface area contributed by atoms with E-state index in [1.165, 1.54) is 0 Å². The van der Waals surface area contributed by atoms with E-state index in [1.54, 1.807) is 0 Å². The number of ether oxygens (including phenoxy) is 11. The van der Waals surface area contributed by atoms with Crippen molar-refractivity contribution in [3.05, 3.63) is 0 Å². The second-order valence-corrected chi connectivity index (χ2v) is 16.4. The van der Waals surface area contributed by atoms with Gasteiger partial charge in [0.05, 0.1) is 5.92 Å². The van der Waals surface area contributed by atoms with Crippen LogP contribution in [0.3, 0.4) is 0 Å². The summed E-state index contributed by atoms with van der Waals surface area (Å²) < 4.78 is 61.9. The standard InChI is InChI=1S/C44H54O27/c1-20(45)9-30(53)61-17-28-41(68-36(59)15-26(7)51)44(19-63-32(55)11-22(3)47,70-42(28)69-37(60)16-27(8)52)71-43-40(67-35(58)14-25(6)50)39(66-34(57)13-24(5)49)38(65-33(56)12-23(4)48)29(64-43)18-62-31(54)10-21(2)46/h28-29,38-43H,9-19H2,1-8H3. The first-order valence-electron chi connectivity index (χ1n) is 21.4. The number of carbonyl (C=O) groups is 16. The van der Waals surface area contributed by atoms with Gasteiger partial charge in [-0.15, -0.1) is 0 Å². The second-order valence-electron chi connectivity index (χ2n) is 16.4. The molecule has 0 amide bonds. The Hall–Kier alpha value is -7.00. The minimum Gasteiger partial charge on any atom is -0.465 e. The average molecular weight is 1010 g/mol. The van der Waals surface area contributed by atoms with Crippen LogP contribution in [0.1, 0.15) is 107 Å². The first-order chi connectivity index (χ1) is 33.0. The lowest BCUT2D eigenvalue weighted by atomic mass is 9.96. The number of hydrogen-bond donors (Lipinski definition) is 0. The summed E-state index contributed by atoms with van der Waals surface area (Å²) in [6, 6.07) is 0. The van der Waals surface area contributed by atoms with Crippen LogP contribution in [0.5, 0.6) is 0 Å². The lowest BCUT2D eigenvalue weighted by Gasteiger charge is -2.46. The average Bonchev–Trinajstić information content (AvgIpc) is 3.45. The third-order valence-corrected chi connectivity index (χ3v) is 9.13. The fraction of sp³-hybridized carbons (Fsp3) is 0.636. The molecule has 2 fully saturated rings. The minimum absolute atomic E-state index is 0.702. The van der Waals surface area contributed by atoms with Crippen LogP contribution in [0, 0.1) is 5.92 Å². The van der Waals surface area contributed by atoms with Crippen molar-refractivity contribution < 1.29 is 129 Å². The monoisotopic (exact) mass is 1010 g/mol. The van der Waals surface area contributed by atoms with Gasteiger partial charge in [0.1, 0.15) is 124 Å². The summed E-state index contributed by atoms with van der Waals surface area (Å²) in [4.78, 5) is 201. The highest BCUT2D eigenvalue weighted by molar-refractivity contribution is 5.97. The highest BCUT2D eigenvalue weighted by atomic mass is 16.9. The molecule has 2 saturated heterocycles. The molecule has 392 valence electrons. The van der Waals surface area contributed by atoms with Gasteiger partial charge in [-0.05, 0) is 55.4 Å². The Labute approximate surface area is 403 Å². The van der Waals surface area contributed by atoms with E-state index in [9.17, 15) is 76.7 Å². The van der Waals surface area contributed by atoms with Gasteiger partial charge in [0.15, 0.2) is 24.4 Å². The van der Waals surface area contributed by atoms with Crippen molar-refractivity contribution in [2.24, 2.45) is 5.92 Å². The van der Waals surface area contributed by atoms with Gasteiger partial charge in [-0.2, -0.15) is 0 Å². The molecule has 0 aromatic carbocycles. The summed E-state index contributed by atoms with van der Waals surface area (Å²) in [6.45, 7) is 4.26. The van der Waals surface area contributed by atoms with Gasteiger partial charge in [0.2, 0.25) is 18.4 Å². The fourth-order valence-corrected chi connectivity index (χ4v) is 6.48. The molecule has 0 N–H and O–H groups in total. The van der Waals surface area contributed by atoms with Gasteiger partial charge in [-0.1, -0.05) is 0 Å². The van der Waals surface area contributed by atoms with Crippen molar-refractivity contribution in [2.45, 2.75) is 156 Å². The first kappa shape index (κ1) is 60.1. The number of esters is 8. The number of ketones is 8. The van der Waals surface area contributed by atoms with E-state index < -0.39 is 220 Å². The molecule has 2 aliphatic heterocycles. The minimum atomic E-state index is -3.14.